The van der Waals surface area contributed by atoms with E-state index in [9.17, 15) is 14.0 Å². The summed E-state index contributed by atoms with van der Waals surface area (Å²) in [5, 5.41) is 0.252. The molecular weight excluding hydrogens is 373 g/mol. The monoisotopic (exact) mass is 397 g/mol. The van der Waals surface area contributed by atoms with Gasteiger partial charge in [0, 0.05) is 46.4 Å². The number of hydrogen-bond acceptors (Lipinski definition) is 4. The number of hydrogen-bond donors (Lipinski definition) is 0. The summed E-state index contributed by atoms with van der Waals surface area (Å²) in [7, 11) is 1.63. The molecule has 148 valence electrons. The van der Waals surface area contributed by atoms with Gasteiger partial charge in [-0.15, -0.1) is 0 Å². The van der Waals surface area contributed by atoms with Crippen LogP contribution < -0.4 is 0 Å². The number of ether oxygens (including phenoxy) is 1. The lowest BCUT2D eigenvalue weighted by atomic mass is 10.2. The Morgan fingerprint density at radius 1 is 1.26 bits per heavy atom. The highest BCUT2D eigenvalue weighted by molar-refractivity contribution is 6.33. The maximum absolute atomic E-state index is 13.5. The zero-order valence-electron chi connectivity index (χ0n) is 15.5. The Morgan fingerprint density at radius 3 is 2.85 bits per heavy atom. The zero-order chi connectivity index (χ0) is 19.4. The lowest BCUT2D eigenvalue weighted by Gasteiger charge is -2.26. The second-order valence-electron chi connectivity index (χ2n) is 6.93. The predicted molar refractivity (Wildman–Crippen MR) is 100 cm³/mol. The molecule has 27 heavy (non-hydrogen) atoms. The molecule has 2 aliphatic heterocycles. The Hall–Kier alpha value is -1.70. The van der Waals surface area contributed by atoms with Gasteiger partial charge in [0.15, 0.2) is 0 Å². The summed E-state index contributed by atoms with van der Waals surface area (Å²) >= 11 is 6.08. The Balaban J connectivity index is 1.61. The van der Waals surface area contributed by atoms with Crippen LogP contribution in [0.3, 0.4) is 0 Å². The van der Waals surface area contributed by atoms with E-state index in [1.165, 1.54) is 18.2 Å². The third-order valence-electron chi connectivity index (χ3n) is 5.25. The van der Waals surface area contributed by atoms with E-state index >= 15 is 0 Å². The number of nitrogens with zero attached hydrogens (tertiary/aromatic N) is 3. The fraction of sp³-hybridized carbons (Fsp3) is 0.579. The zero-order valence-corrected chi connectivity index (χ0v) is 16.3. The molecule has 2 heterocycles. The van der Waals surface area contributed by atoms with Gasteiger partial charge in [-0.05, 0) is 31.0 Å². The van der Waals surface area contributed by atoms with Crippen LogP contribution in [0.25, 0.3) is 0 Å². The van der Waals surface area contributed by atoms with Gasteiger partial charge in [-0.25, -0.2) is 4.39 Å². The van der Waals surface area contributed by atoms with E-state index in [-0.39, 0.29) is 28.4 Å². The van der Waals surface area contributed by atoms with Crippen LogP contribution >= 0.6 is 11.6 Å². The van der Waals surface area contributed by atoms with Crippen molar-refractivity contribution in [3.63, 3.8) is 0 Å². The number of carbonyl (C=O) groups is 2. The van der Waals surface area contributed by atoms with Crippen molar-refractivity contribution < 1.29 is 18.7 Å². The molecule has 6 nitrogen and oxygen atoms in total. The lowest BCUT2D eigenvalue weighted by Crippen LogP contribution is -2.44. The maximum Gasteiger partial charge on any atom is 0.255 e. The van der Waals surface area contributed by atoms with Crippen molar-refractivity contribution >= 4 is 23.4 Å². The van der Waals surface area contributed by atoms with Gasteiger partial charge in [0.25, 0.3) is 5.91 Å². The first kappa shape index (κ1) is 20.0. The van der Waals surface area contributed by atoms with Gasteiger partial charge < -0.3 is 14.5 Å². The van der Waals surface area contributed by atoms with E-state index in [1.807, 2.05) is 4.90 Å². The third kappa shape index (κ3) is 4.59. The van der Waals surface area contributed by atoms with E-state index in [4.69, 9.17) is 16.3 Å². The van der Waals surface area contributed by atoms with Crippen LogP contribution in [0, 0.1) is 5.82 Å². The largest absolute Gasteiger partial charge is 0.383 e. The van der Waals surface area contributed by atoms with E-state index < -0.39 is 5.82 Å². The van der Waals surface area contributed by atoms with Gasteiger partial charge in [0.1, 0.15) is 5.82 Å². The minimum Gasteiger partial charge on any atom is -0.383 e. The van der Waals surface area contributed by atoms with Crippen LogP contribution in [0.5, 0.6) is 0 Å². The van der Waals surface area contributed by atoms with Gasteiger partial charge in [-0.3, -0.25) is 14.5 Å². The average Bonchev–Trinajstić information content (AvgIpc) is 2.87. The van der Waals surface area contributed by atoms with Gasteiger partial charge in [-0.2, -0.15) is 0 Å². The number of methoxy groups -OCH3 is 1. The van der Waals surface area contributed by atoms with Crippen LogP contribution in [0.2, 0.25) is 5.02 Å². The first-order valence-corrected chi connectivity index (χ1v) is 9.65. The van der Waals surface area contributed by atoms with Gasteiger partial charge in [-0.1, -0.05) is 11.6 Å². The molecule has 3 rings (SSSR count). The van der Waals surface area contributed by atoms with Crippen molar-refractivity contribution in [2.45, 2.75) is 18.9 Å². The molecule has 1 aromatic carbocycles. The van der Waals surface area contributed by atoms with Crippen LogP contribution in [-0.4, -0.2) is 85.5 Å². The van der Waals surface area contributed by atoms with Crippen molar-refractivity contribution in [1.82, 2.24) is 14.7 Å². The van der Waals surface area contributed by atoms with E-state index in [1.54, 1.807) is 12.0 Å². The smallest absolute Gasteiger partial charge is 0.255 e. The summed E-state index contributed by atoms with van der Waals surface area (Å²) in [4.78, 5) is 31.1. The third-order valence-corrected chi connectivity index (χ3v) is 5.58. The Bertz CT molecular complexity index is 703. The molecule has 0 aromatic heterocycles. The number of benzene rings is 1. The molecule has 1 atom stereocenters. The van der Waals surface area contributed by atoms with Gasteiger partial charge >= 0.3 is 0 Å². The highest BCUT2D eigenvalue weighted by atomic mass is 35.5. The number of amides is 2. The van der Waals surface area contributed by atoms with Gasteiger partial charge in [0.05, 0.1) is 23.2 Å². The molecule has 0 aliphatic carbocycles. The summed E-state index contributed by atoms with van der Waals surface area (Å²) < 4.78 is 18.6. The highest BCUT2D eigenvalue weighted by Crippen LogP contribution is 2.22. The fourth-order valence-electron chi connectivity index (χ4n) is 3.77. The SMILES string of the molecule is COCCN1CCC(N2CCCN(C(=O)c3cc(F)ccc3Cl)CC2)C1=O. The molecule has 2 fully saturated rings. The molecule has 0 saturated carbocycles. The van der Waals surface area contributed by atoms with Crippen LogP contribution in [0.4, 0.5) is 4.39 Å². The standard InChI is InChI=1S/C19H25ClFN3O3/c1-27-12-11-24-8-5-17(19(24)26)22-6-2-7-23(10-9-22)18(25)15-13-14(21)3-4-16(15)20/h3-4,13,17H,2,5-12H2,1H3. The molecule has 2 amide bonds. The first-order valence-electron chi connectivity index (χ1n) is 9.27. The van der Waals surface area contributed by atoms with Crippen molar-refractivity contribution in [2.24, 2.45) is 0 Å². The van der Waals surface area contributed by atoms with E-state index in [2.05, 4.69) is 4.90 Å². The molecule has 0 radical (unpaired) electrons. The second kappa shape index (κ2) is 8.99. The maximum atomic E-state index is 13.5. The Labute approximate surface area is 163 Å². The summed E-state index contributed by atoms with van der Waals surface area (Å²) in [5.74, 6) is -0.604. The molecular formula is C19H25ClFN3O3. The molecule has 0 spiro atoms. The van der Waals surface area contributed by atoms with Crippen molar-refractivity contribution in [2.75, 3.05) is 53.0 Å². The minimum absolute atomic E-state index is 0.130. The molecule has 0 N–H and O–H groups in total. The highest BCUT2D eigenvalue weighted by Gasteiger charge is 2.36. The molecule has 8 heteroatoms. The lowest BCUT2D eigenvalue weighted by molar-refractivity contribution is -0.132. The number of carbonyl (C=O) groups excluding carboxylic acids is 2. The van der Waals surface area contributed by atoms with Crippen LogP contribution in [0.1, 0.15) is 23.2 Å². The van der Waals surface area contributed by atoms with Crippen molar-refractivity contribution in [1.29, 1.82) is 0 Å². The summed E-state index contributed by atoms with van der Waals surface area (Å²) in [6.45, 7) is 4.33. The first-order chi connectivity index (χ1) is 13.0. The Morgan fingerprint density at radius 2 is 2.07 bits per heavy atom. The topological polar surface area (TPSA) is 53.1 Å². The average molecular weight is 398 g/mol. The quantitative estimate of drug-likeness (QED) is 0.761. The minimum atomic E-state index is -0.480. The molecule has 1 aromatic rings. The van der Waals surface area contributed by atoms with Crippen molar-refractivity contribution in [3.05, 3.63) is 34.6 Å². The number of likely N-dealkylation sites (tertiary alicyclic amines) is 1. The normalized spacial score (nSPS) is 21.6. The number of rotatable bonds is 5. The van der Waals surface area contributed by atoms with E-state index in [0.29, 0.717) is 32.8 Å². The molecule has 2 aliphatic rings. The Kier molecular flexibility index (Phi) is 6.68. The second-order valence-corrected chi connectivity index (χ2v) is 7.34. The molecule has 0 bridgehead atoms. The summed E-state index contributed by atoms with van der Waals surface area (Å²) in [6, 6.07) is 3.70. The van der Waals surface area contributed by atoms with Gasteiger partial charge in [0.2, 0.25) is 5.91 Å². The molecule has 2 saturated heterocycles. The van der Waals surface area contributed by atoms with Crippen molar-refractivity contribution in [3.8, 4) is 0 Å². The van der Waals surface area contributed by atoms with E-state index in [0.717, 1.165) is 25.9 Å². The number of halogens is 2. The predicted octanol–water partition coefficient (Wildman–Crippen LogP) is 1.87. The summed E-state index contributed by atoms with van der Waals surface area (Å²) in [6.07, 6.45) is 1.56. The van der Waals surface area contributed by atoms with Crippen LogP contribution in [0.15, 0.2) is 18.2 Å². The van der Waals surface area contributed by atoms with Crippen LogP contribution in [-0.2, 0) is 9.53 Å². The molecule has 1 unspecified atom stereocenters. The fourth-order valence-corrected chi connectivity index (χ4v) is 3.97. The summed E-state index contributed by atoms with van der Waals surface area (Å²) in [5.41, 5.74) is 0.188.